The summed E-state index contributed by atoms with van der Waals surface area (Å²) in [5.74, 6) is -0.176. The van der Waals surface area contributed by atoms with Crippen LogP contribution in [0, 0.1) is 20.8 Å². The van der Waals surface area contributed by atoms with Gasteiger partial charge in [-0.1, -0.05) is 17.4 Å². The highest BCUT2D eigenvalue weighted by atomic mass is 32.1. The first-order chi connectivity index (χ1) is 16.3. The van der Waals surface area contributed by atoms with Gasteiger partial charge >= 0.3 is 5.91 Å². The molecule has 172 valence electrons. The zero-order valence-electron chi connectivity index (χ0n) is 19.1. The second-order valence-corrected chi connectivity index (χ2v) is 9.28. The van der Waals surface area contributed by atoms with Crippen LogP contribution >= 0.6 is 11.3 Å². The van der Waals surface area contributed by atoms with E-state index in [1.807, 2.05) is 32.0 Å². The molecule has 1 atom stereocenters. The van der Waals surface area contributed by atoms with Crippen molar-refractivity contribution in [1.29, 1.82) is 0 Å². The highest BCUT2D eigenvalue weighted by Crippen LogP contribution is 2.45. The number of ether oxygens (including phenoxy) is 1. The number of Topliss-reactive ketones (excluding diaryl/α,β-unsaturated/α-hetero) is 1. The van der Waals surface area contributed by atoms with Gasteiger partial charge in [-0.25, -0.2) is 4.98 Å². The number of amides is 1. The molecule has 0 bridgehead atoms. The van der Waals surface area contributed by atoms with Gasteiger partial charge in [0.2, 0.25) is 0 Å². The van der Waals surface area contributed by atoms with Crippen LogP contribution in [0.1, 0.15) is 34.3 Å². The number of rotatable bonds is 4. The minimum absolute atomic E-state index is 0.0423. The molecule has 2 aromatic heterocycles. The van der Waals surface area contributed by atoms with Crippen molar-refractivity contribution in [2.75, 3.05) is 12.0 Å². The Morgan fingerprint density at radius 1 is 1.09 bits per heavy atom. The monoisotopic (exact) mass is 474 g/mol. The van der Waals surface area contributed by atoms with Crippen LogP contribution in [0.5, 0.6) is 5.75 Å². The van der Waals surface area contributed by atoms with Gasteiger partial charge < -0.3 is 14.3 Å². The van der Waals surface area contributed by atoms with Gasteiger partial charge in [0.05, 0.1) is 22.9 Å². The predicted molar refractivity (Wildman–Crippen MR) is 130 cm³/mol. The van der Waals surface area contributed by atoms with Crippen LogP contribution in [-0.4, -0.2) is 28.9 Å². The Kier molecular flexibility index (Phi) is 5.25. The summed E-state index contributed by atoms with van der Waals surface area (Å²) in [6.45, 7) is 5.60. The Bertz CT molecular complexity index is 1500. The lowest BCUT2D eigenvalue weighted by Crippen LogP contribution is -2.29. The van der Waals surface area contributed by atoms with Crippen LogP contribution in [-0.2, 0) is 9.59 Å². The fourth-order valence-corrected chi connectivity index (χ4v) is 5.29. The molecular weight excluding hydrogens is 452 g/mol. The molecule has 34 heavy (non-hydrogen) atoms. The molecule has 0 aliphatic carbocycles. The maximum Gasteiger partial charge on any atom is 0.302 e. The zero-order chi connectivity index (χ0) is 24.1. The molecule has 1 saturated heterocycles. The number of nitrogens with zero attached hydrogens (tertiary/aromatic N) is 2. The van der Waals surface area contributed by atoms with Crippen LogP contribution in [0.15, 0.2) is 58.5 Å². The Labute approximate surface area is 199 Å². The quantitative estimate of drug-likeness (QED) is 0.240. The number of ketones is 1. The molecular formula is C26H22N2O5S. The van der Waals surface area contributed by atoms with Gasteiger partial charge in [0.15, 0.2) is 5.13 Å². The maximum absolute atomic E-state index is 13.3. The number of hydrogen-bond acceptors (Lipinski definition) is 7. The number of carbonyl (C=O) groups is 2. The summed E-state index contributed by atoms with van der Waals surface area (Å²) in [6, 6.07) is 13.4. The van der Waals surface area contributed by atoms with Gasteiger partial charge in [0, 0.05) is 5.56 Å². The SMILES string of the molecule is COc1ccc(C(O)=C2C(=O)C(=O)N(c3nc4ccc(C)cc4s3)[C@@H]2c2ccc(C)o2)cc1C. The zero-order valence-corrected chi connectivity index (χ0v) is 19.9. The van der Waals surface area contributed by atoms with Crippen molar-refractivity contribution >= 4 is 44.1 Å². The summed E-state index contributed by atoms with van der Waals surface area (Å²) in [5.41, 5.74) is 2.95. The lowest BCUT2D eigenvalue weighted by Gasteiger charge is -2.20. The van der Waals surface area contributed by atoms with Gasteiger partial charge in [0.1, 0.15) is 29.1 Å². The maximum atomic E-state index is 13.3. The number of aromatic nitrogens is 1. The largest absolute Gasteiger partial charge is 0.507 e. The van der Waals surface area contributed by atoms with E-state index in [1.54, 1.807) is 44.4 Å². The number of aliphatic hydroxyl groups is 1. The molecule has 1 N–H and O–H groups in total. The average Bonchev–Trinajstić information content (AvgIpc) is 3.49. The minimum Gasteiger partial charge on any atom is -0.507 e. The number of anilines is 1. The minimum atomic E-state index is -0.947. The number of methoxy groups -OCH3 is 1. The first-order valence-electron chi connectivity index (χ1n) is 10.7. The molecule has 5 rings (SSSR count). The molecule has 3 heterocycles. The van der Waals surface area contributed by atoms with E-state index < -0.39 is 17.7 Å². The molecule has 7 nitrogen and oxygen atoms in total. The van der Waals surface area contributed by atoms with Crippen molar-refractivity contribution in [1.82, 2.24) is 4.98 Å². The second-order valence-electron chi connectivity index (χ2n) is 8.27. The number of benzene rings is 2. The molecule has 1 aliphatic rings. The third-order valence-corrected chi connectivity index (χ3v) is 6.90. The summed E-state index contributed by atoms with van der Waals surface area (Å²) in [6.07, 6.45) is 0. The van der Waals surface area contributed by atoms with Crippen molar-refractivity contribution in [2.24, 2.45) is 0 Å². The number of carbonyl (C=O) groups excluding carboxylic acids is 2. The third kappa shape index (κ3) is 3.47. The van der Waals surface area contributed by atoms with Crippen LogP contribution in [0.3, 0.4) is 0 Å². The number of aryl methyl sites for hydroxylation is 3. The Morgan fingerprint density at radius 2 is 1.88 bits per heavy atom. The number of furan rings is 1. The predicted octanol–water partition coefficient (Wildman–Crippen LogP) is 5.45. The third-order valence-electron chi connectivity index (χ3n) is 5.88. The summed E-state index contributed by atoms with van der Waals surface area (Å²) >= 11 is 1.32. The second kappa shape index (κ2) is 8.14. The van der Waals surface area contributed by atoms with Crippen molar-refractivity contribution in [3.63, 3.8) is 0 Å². The number of hydrogen-bond donors (Lipinski definition) is 1. The van der Waals surface area contributed by atoms with E-state index in [2.05, 4.69) is 4.98 Å². The molecule has 8 heteroatoms. The van der Waals surface area contributed by atoms with Gasteiger partial charge in [0.25, 0.3) is 5.78 Å². The number of aliphatic hydroxyl groups excluding tert-OH is 1. The fourth-order valence-electron chi connectivity index (χ4n) is 4.20. The first-order valence-corrected chi connectivity index (χ1v) is 11.5. The molecule has 2 aromatic carbocycles. The van der Waals surface area contributed by atoms with Crippen molar-refractivity contribution in [2.45, 2.75) is 26.8 Å². The van der Waals surface area contributed by atoms with Gasteiger partial charge in [-0.15, -0.1) is 0 Å². The van der Waals surface area contributed by atoms with E-state index >= 15 is 0 Å². The Balaban J connectivity index is 1.71. The van der Waals surface area contributed by atoms with Gasteiger partial charge in [-0.05, 0) is 74.4 Å². The molecule has 0 spiro atoms. The summed E-state index contributed by atoms with van der Waals surface area (Å²) in [4.78, 5) is 32.5. The lowest BCUT2D eigenvalue weighted by molar-refractivity contribution is -0.132. The highest BCUT2D eigenvalue weighted by molar-refractivity contribution is 7.22. The van der Waals surface area contributed by atoms with Crippen LogP contribution in [0.2, 0.25) is 0 Å². The van der Waals surface area contributed by atoms with Crippen molar-refractivity contribution < 1.29 is 23.8 Å². The lowest BCUT2D eigenvalue weighted by atomic mass is 9.98. The standard InChI is InChI=1S/C26H22N2O5S/c1-13-5-8-17-20(11-13)34-26(27-17)28-22(19-9-6-15(3)33-19)21(24(30)25(28)31)23(29)16-7-10-18(32-4)14(2)12-16/h5-12,22,29H,1-4H3/t22-/m1/s1. The van der Waals surface area contributed by atoms with E-state index in [4.69, 9.17) is 9.15 Å². The summed E-state index contributed by atoms with van der Waals surface area (Å²) in [7, 11) is 1.56. The average molecular weight is 475 g/mol. The highest BCUT2D eigenvalue weighted by Gasteiger charge is 2.49. The normalized spacial score (nSPS) is 17.6. The number of fused-ring (bicyclic) bond motifs is 1. The van der Waals surface area contributed by atoms with Crippen LogP contribution in [0.25, 0.3) is 16.0 Å². The Hall–Kier alpha value is -3.91. The van der Waals surface area contributed by atoms with Crippen molar-refractivity contribution in [3.8, 4) is 5.75 Å². The molecule has 1 fully saturated rings. The number of thiazole rings is 1. The molecule has 1 aliphatic heterocycles. The van der Waals surface area contributed by atoms with Crippen LogP contribution < -0.4 is 9.64 Å². The molecule has 4 aromatic rings. The van der Waals surface area contributed by atoms with Gasteiger partial charge in [-0.2, -0.15) is 0 Å². The molecule has 1 amide bonds. The van der Waals surface area contributed by atoms with E-state index in [1.165, 1.54) is 16.2 Å². The molecule has 0 saturated carbocycles. The fraction of sp³-hybridized carbons (Fsp3) is 0.192. The Morgan fingerprint density at radius 3 is 2.56 bits per heavy atom. The molecule has 0 radical (unpaired) electrons. The van der Waals surface area contributed by atoms with E-state index in [9.17, 15) is 14.7 Å². The first kappa shape index (κ1) is 21.9. The topological polar surface area (TPSA) is 92.9 Å². The summed E-state index contributed by atoms with van der Waals surface area (Å²) < 4.78 is 12.1. The van der Waals surface area contributed by atoms with Crippen molar-refractivity contribution in [3.05, 3.63) is 82.3 Å². The molecule has 0 unspecified atom stereocenters. The van der Waals surface area contributed by atoms with Gasteiger partial charge in [-0.3, -0.25) is 14.5 Å². The van der Waals surface area contributed by atoms with E-state index in [0.29, 0.717) is 28.0 Å². The van der Waals surface area contributed by atoms with Crippen LogP contribution in [0.4, 0.5) is 5.13 Å². The summed E-state index contributed by atoms with van der Waals surface area (Å²) in [5, 5.41) is 11.6. The van der Waals surface area contributed by atoms with E-state index in [-0.39, 0.29) is 11.3 Å². The van der Waals surface area contributed by atoms with E-state index in [0.717, 1.165) is 21.3 Å². The smallest absolute Gasteiger partial charge is 0.302 e.